The van der Waals surface area contributed by atoms with Gasteiger partial charge in [-0.3, -0.25) is 14.5 Å². The summed E-state index contributed by atoms with van der Waals surface area (Å²) >= 11 is 11.7. The SMILES string of the molecule is CC1CN(CC(=O)Nc2ncc(Cl)cc2Cl)CC1C(=O)O. The number of nitrogens with zero attached hydrogens (tertiary/aromatic N) is 2. The molecule has 1 aromatic rings. The van der Waals surface area contributed by atoms with Crippen LogP contribution in [0.5, 0.6) is 0 Å². The lowest BCUT2D eigenvalue weighted by Gasteiger charge is -2.15. The van der Waals surface area contributed by atoms with Gasteiger partial charge in [-0.05, 0) is 12.0 Å². The normalized spacial score (nSPS) is 22.2. The van der Waals surface area contributed by atoms with Gasteiger partial charge < -0.3 is 10.4 Å². The van der Waals surface area contributed by atoms with Gasteiger partial charge in [0.05, 0.1) is 22.5 Å². The van der Waals surface area contributed by atoms with Crippen molar-refractivity contribution in [2.75, 3.05) is 25.0 Å². The minimum atomic E-state index is -0.826. The number of aliphatic carboxylic acids is 1. The topological polar surface area (TPSA) is 82.5 Å². The fourth-order valence-electron chi connectivity index (χ4n) is 2.40. The van der Waals surface area contributed by atoms with Gasteiger partial charge in [0.15, 0.2) is 5.82 Å². The van der Waals surface area contributed by atoms with Crippen LogP contribution in [0.1, 0.15) is 6.92 Å². The molecule has 0 saturated carbocycles. The molecule has 21 heavy (non-hydrogen) atoms. The predicted octanol–water partition coefficient (Wildman–Crippen LogP) is 1.98. The van der Waals surface area contributed by atoms with Gasteiger partial charge in [0.1, 0.15) is 0 Å². The van der Waals surface area contributed by atoms with Crippen molar-refractivity contribution in [3.8, 4) is 0 Å². The molecule has 1 aliphatic rings. The number of anilines is 1. The quantitative estimate of drug-likeness (QED) is 0.881. The number of amides is 1. The Morgan fingerprint density at radius 2 is 2.19 bits per heavy atom. The van der Waals surface area contributed by atoms with E-state index in [1.54, 1.807) is 0 Å². The maximum Gasteiger partial charge on any atom is 0.308 e. The number of hydrogen-bond acceptors (Lipinski definition) is 4. The Balaban J connectivity index is 1.92. The van der Waals surface area contributed by atoms with Crippen LogP contribution in [0, 0.1) is 11.8 Å². The van der Waals surface area contributed by atoms with E-state index in [1.165, 1.54) is 12.3 Å². The van der Waals surface area contributed by atoms with Gasteiger partial charge >= 0.3 is 5.97 Å². The van der Waals surface area contributed by atoms with Gasteiger partial charge in [-0.15, -0.1) is 0 Å². The van der Waals surface area contributed by atoms with E-state index in [0.717, 1.165) is 0 Å². The molecule has 2 unspecified atom stereocenters. The number of carboxylic acid groups (broad SMARTS) is 1. The fraction of sp³-hybridized carbons (Fsp3) is 0.462. The number of rotatable bonds is 4. The molecule has 114 valence electrons. The van der Waals surface area contributed by atoms with Crippen LogP contribution in [0.4, 0.5) is 5.82 Å². The summed E-state index contributed by atoms with van der Waals surface area (Å²) in [4.78, 5) is 28.8. The third-order valence-electron chi connectivity index (χ3n) is 3.44. The van der Waals surface area contributed by atoms with Crippen LogP contribution < -0.4 is 5.32 Å². The minimum absolute atomic E-state index is 0.0209. The van der Waals surface area contributed by atoms with Gasteiger partial charge in [0.25, 0.3) is 0 Å². The largest absolute Gasteiger partial charge is 0.481 e. The zero-order valence-electron chi connectivity index (χ0n) is 11.3. The van der Waals surface area contributed by atoms with Crippen LogP contribution in [0.15, 0.2) is 12.3 Å². The highest BCUT2D eigenvalue weighted by molar-refractivity contribution is 6.36. The van der Waals surface area contributed by atoms with Crippen LogP contribution in [0.25, 0.3) is 0 Å². The lowest BCUT2D eigenvalue weighted by atomic mass is 9.99. The third kappa shape index (κ3) is 4.06. The first-order chi connectivity index (χ1) is 9.86. The highest BCUT2D eigenvalue weighted by Crippen LogP contribution is 2.24. The van der Waals surface area contributed by atoms with Crippen LogP contribution in [0.2, 0.25) is 10.0 Å². The van der Waals surface area contributed by atoms with Crippen molar-refractivity contribution in [1.29, 1.82) is 0 Å². The van der Waals surface area contributed by atoms with Gasteiger partial charge in [-0.25, -0.2) is 4.98 Å². The molecule has 1 aliphatic heterocycles. The highest BCUT2D eigenvalue weighted by atomic mass is 35.5. The summed E-state index contributed by atoms with van der Waals surface area (Å²) in [7, 11) is 0. The standard InChI is InChI=1S/C13H15Cl2N3O3/c1-7-4-18(5-9(7)13(20)21)6-11(19)17-12-10(15)2-8(14)3-16-12/h2-3,7,9H,4-6H2,1H3,(H,20,21)(H,16,17,19). The molecule has 1 aromatic heterocycles. The molecule has 1 fully saturated rings. The summed E-state index contributed by atoms with van der Waals surface area (Å²) in [6, 6.07) is 1.49. The van der Waals surface area contributed by atoms with Crippen LogP contribution in [-0.2, 0) is 9.59 Å². The van der Waals surface area contributed by atoms with E-state index >= 15 is 0 Å². The fourth-order valence-corrected chi connectivity index (χ4v) is 2.83. The molecule has 0 radical (unpaired) electrons. The number of pyridine rings is 1. The van der Waals surface area contributed by atoms with Crippen molar-refractivity contribution >= 4 is 40.9 Å². The number of carbonyl (C=O) groups excluding carboxylic acids is 1. The maximum atomic E-state index is 12.0. The van der Waals surface area contributed by atoms with E-state index < -0.39 is 11.9 Å². The van der Waals surface area contributed by atoms with Crippen LogP contribution in [-0.4, -0.2) is 46.5 Å². The second kappa shape index (κ2) is 6.60. The van der Waals surface area contributed by atoms with E-state index in [4.69, 9.17) is 28.3 Å². The first kappa shape index (κ1) is 16.0. The minimum Gasteiger partial charge on any atom is -0.481 e. The van der Waals surface area contributed by atoms with Crippen molar-refractivity contribution in [1.82, 2.24) is 9.88 Å². The molecule has 6 nitrogen and oxygen atoms in total. The number of aromatic nitrogens is 1. The number of nitrogens with one attached hydrogen (secondary N) is 1. The van der Waals surface area contributed by atoms with Gasteiger partial charge in [-0.1, -0.05) is 30.1 Å². The number of carboxylic acids is 1. The zero-order chi connectivity index (χ0) is 15.6. The van der Waals surface area contributed by atoms with E-state index in [0.29, 0.717) is 18.1 Å². The summed E-state index contributed by atoms with van der Waals surface area (Å²) in [5.74, 6) is -1.28. The second-order valence-electron chi connectivity index (χ2n) is 5.15. The second-order valence-corrected chi connectivity index (χ2v) is 5.99. The molecule has 0 spiro atoms. The maximum absolute atomic E-state index is 12.0. The molecule has 0 aliphatic carbocycles. The molecule has 2 rings (SSSR count). The van der Waals surface area contributed by atoms with Gasteiger partial charge in [0.2, 0.25) is 5.91 Å². The van der Waals surface area contributed by atoms with Crippen molar-refractivity contribution in [2.45, 2.75) is 6.92 Å². The Bertz CT molecular complexity index is 568. The lowest BCUT2D eigenvalue weighted by Crippen LogP contribution is -2.32. The summed E-state index contributed by atoms with van der Waals surface area (Å²) < 4.78 is 0. The van der Waals surface area contributed by atoms with E-state index in [9.17, 15) is 9.59 Å². The lowest BCUT2D eigenvalue weighted by molar-refractivity contribution is -0.142. The third-order valence-corrected chi connectivity index (χ3v) is 3.93. The molecular formula is C13H15Cl2N3O3. The van der Waals surface area contributed by atoms with Crippen molar-refractivity contribution in [3.05, 3.63) is 22.3 Å². The first-order valence-corrected chi connectivity index (χ1v) is 7.18. The van der Waals surface area contributed by atoms with E-state index in [2.05, 4.69) is 10.3 Å². The summed E-state index contributed by atoms with van der Waals surface area (Å²) in [6.07, 6.45) is 1.39. The van der Waals surface area contributed by atoms with Crippen molar-refractivity contribution in [3.63, 3.8) is 0 Å². The van der Waals surface area contributed by atoms with E-state index in [1.807, 2.05) is 11.8 Å². The number of carbonyl (C=O) groups is 2. The highest BCUT2D eigenvalue weighted by Gasteiger charge is 2.35. The van der Waals surface area contributed by atoms with Crippen LogP contribution >= 0.6 is 23.2 Å². The Hall–Kier alpha value is -1.37. The molecule has 2 N–H and O–H groups in total. The monoisotopic (exact) mass is 331 g/mol. The Kier molecular flexibility index (Phi) is 5.03. The summed E-state index contributed by atoms with van der Waals surface area (Å²) in [5.41, 5.74) is 0. The Labute approximate surface area is 132 Å². The molecular weight excluding hydrogens is 317 g/mol. The van der Waals surface area contributed by atoms with Crippen LogP contribution in [0.3, 0.4) is 0 Å². The predicted molar refractivity (Wildman–Crippen MR) is 79.6 cm³/mol. The average molecular weight is 332 g/mol. The van der Waals surface area contributed by atoms with Crippen molar-refractivity contribution in [2.24, 2.45) is 11.8 Å². The van der Waals surface area contributed by atoms with Gasteiger partial charge in [0, 0.05) is 19.3 Å². The molecule has 0 bridgehead atoms. The molecule has 1 amide bonds. The molecule has 0 aromatic carbocycles. The Morgan fingerprint density at radius 3 is 2.76 bits per heavy atom. The number of hydrogen-bond donors (Lipinski definition) is 2. The van der Waals surface area contributed by atoms with E-state index in [-0.39, 0.29) is 29.2 Å². The number of likely N-dealkylation sites (tertiary alicyclic amines) is 1. The molecule has 1 saturated heterocycles. The first-order valence-electron chi connectivity index (χ1n) is 6.43. The van der Waals surface area contributed by atoms with Gasteiger partial charge in [-0.2, -0.15) is 0 Å². The number of halogens is 2. The summed E-state index contributed by atoms with van der Waals surface area (Å²) in [6.45, 7) is 2.92. The molecule has 2 heterocycles. The smallest absolute Gasteiger partial charge is 0.308 e. The average Bonchev–Trinajstić information content (AvgIpc) is 2.74. The zero-order valence-corrected chi connectivity index (χ0v) is 12.9. The Morgan fingerprint density at radius 1 is 1.48 bits per heavy atom. The molecule has 8 heteroatoms. The summed E-state index contributed by atoms with van der Waals surface area (Å²) in [5, 5.41) is 12.3. The van der Waals surface area contributed by atoms with Crippen molar-refractivity contribution < 1.29 is 14.7 Å². The molecule has 2 atom stereocenters.